The highest BCUT2D eigenvalue weighted by molar-refractivity contribution is 7.07. The number of amides is 1. The Morgan fingerprint density at radius 1 is 0.975 bits per heavy atom. The van der Waals surface area contributed by atoms with Gasteiger partial charge in [-0.05, 0) is 48.0 Å². The highest BCUT2D eigenvalue weighted by atomic mass is 32.1. The molecule has 1 saturated heterocycles. The number of benzene rings is 3. The molecule has 0 N–H and O–H groups in total. The molecular weight excluding hydrogens is 534 g/mol. The summed E-state index contributed by atoms with van der Waals surface area (Å²) in [4.78, 5) is 32.2. The predicted molar refractivity (Wildman–Crippen MR) is 150 cm³/mol. The number of rotatable bonds is 9. The second-order valence-electron chi connectivity index (χ2n) is 9.03. The number of methoxy groups -OCH3 is 2. The number of nitro groups is 1. The number of piperazine rings is 1. The third-order valence-corrected chi connectivity index (χ3v) is 7.18. The molecule has 0 atom stereocenters. The van der Waals surface area contributed by atoms with E-state index in [1.165, 1.54) is 19.2 Å². The second-order valence-corrected chi connectivity index (χ2v) is 9.74. The molecule has 40 heavy (non-hydrogen) atoms. The smallest absolute Gasteiger partial charge is 0.298 e. The van der Waals surface area contributed by atoms with E-state index in [1.807, 2.05) is 24.3 Å². The minimum Gasteiger partial charge on any atom is -0.497 e. The summed E-state index contributed by atoms with van der Waals surface area (Å²) in [6.45, 7) is 2.26. The third-order valence-electron chi connectivity index (χ3n) is 6.55. The number of hydrogen-bond acceptors (Lipinski definition) is 10. The van der Waals surface area contributed by atoms with Crippen LogP contribution in [0.3, 0.4) is 0 Å². The minimum atomic E-state index is -0.417. The van der Waals surface area contributed by atoms with Gasteiger partial charge in [-0.3, -0.25) is 14.9 Å². The number of anilines is 1. The lowest BCUT2D eigenvalue weighted by Crippen LogP contribution is -2.48. The molecule has 2 heterocycles. The van der Waals surface area contributed by atoms with Crippen molar-refractivity contribution in [2.24, 2.45) is 0 Å². The first kappa shape index (κ1) is 26.9. The molecule has 1 aromatic heterocycles. The molecule has 0 unspecified atom stereocenters. The Morgan fingerprint density at radius 2 is 1.75 bits per heavy atom. The van der Waals surface area contributed by atoms with E-state index in [9.17, 15) is 14.9 Å². The Bertz CT molecular complexity index is 1500. The fourth-order valence-corrected chi connectivity index (χ4v) is 5.00. The molecule has 3 aromatic carbocycles. The summed E-state index contributed by atoms with van der Waals surface area (Å²) >= 11 is 1.13. The van der Waals surface area contributed by atoms with Crippen molar-refractivity contribution < 1.29 is 23.9 Å². The standard InChI is InChI=1S/C28H27N5O6S/c1-37-23-5-3-4-19(16-23)17-26-29-28(40-30-26)39-25-18-20(6-11-24(25)38-2)27(34)32-14-12-31(13-15-32)21-7-9-22(10-8-21)33(35)36/h3-11,16,18H,12-15,17H2,1-2H3. The molecule has 12 heteroatoms. The van der Waals surface area contributed by atoms with E-state index in [-0.39, 0.29) is 11.6 Å². The van der Waals surface area contributed by atoms with Crippen LogP contribution in [0.15, 0.2) is 66.7 Å². The van der Waals surface area contributed by atoms with Crippen molar-refractivity contribution in [3.8, 4) is 22.4 Å². The molecule has 1 aliphatic rings. The zero-order valence-corrected chi connectivity index (χ0v) is 22.8. The van der Waals surface area contributed by atoms with Crippen molar-refractivity contribution in [1.29, 1.82) is 0 Å². The molecular formula is C28H27N5O6S. The molecule has 1 amide bonds. The largest absolute Gasteiger partial charge is 0.497 e. The molecule has 0 aliphatic carbocycles. The van der Waals surface area contributed by atoms with Crippen LogP contribution in [-0.4, -0.2) is 65.5 Å². The summed E-state index contributed by atoms with van der Waals surface area (Å²) in [6.07, 6.45) is 0.526. The van der Waals surface area contributed by atoms with Crippen molar-refractivity contribution in [3.05, 3.63) is 93.8 Å². The van der Waals surface area contributed by atoms with Gasteiger partial charge in [-0.25, -0.2) is 0 Å². The quantitative estimate of drug-likeness (QED) is 0.209. The van der Waals surface area contributed by atoms with Crippen LogP contribution in [0, 0.1) is 10.1 Å². The molecule has 5 rings (SSSR count). The lowest BCUT2D eigenvalue weighted by atomic mass is 10.1. The molecule has 4 aromatic rings. The summed E-state index contributed by atoms with van der Waals surface area (Å²) in [5, 5.41) is 11.3. The van der Waals surface area contributed by atoms with Gasteiger partial charge in [0.2, 0.25) is 0 Å². The van der Waals surface area contributed by atoms with Gasteiger partial charge >= 0.3 is 0 Å². The Kier molecular flexibility index (Phi) is 8.06. The number of carbonyl (C=O) groups is 1. The van der Waals surface area contributed by atoms with Gasteiger partial charge in [0.25, 0.3) is 16.8 Å². The van der Waals surface area contributed by atoms with E-state index in [4.69, 9.17) is 14.2 Å². The number of nitrogens with zero attached hydrogens (tertiary/aromatic N) is 5. The topological polar surface area (TPSA) is 120 Å². The van der Waals surface area contributed by atoms with Crippen LogP contribution in [0.5, 0.6) is 22.4 Å². The van der Waals surface area contributed by atoms with Crippen molar-refractivity contribution in [3.63, 3.8) is 0 Å². The van der Waals surface area contributed by atoms with E-state index >= 15 is 0 Å². The highest BCUT2D eigenvalue weighted by Gasteiger charge is 2.24. The molecule has 11 nitrogen and oxygen atoms in total. The average molecular weight is 562 g/mol. The van der Waals surface area contributed by atoms with Gasteiger partial charge < -0.3 is 24.0 Å². The first-order chi connectivity index (χ1) is 19.4. The van der Waals surface area contributed by atoms with Gasteiger partial charge in [0, 0.05) is 67.5 Å². The van der Waals surface area contributed by atoms with Crippen molar-refractivity contribution in [2.45, 2.75) is 6.42 Å². The van der Waals surface area contributed by atoms with Crippen molar-refractivity contribution in [2.75, 3.05) is 45.3 Å². The molecule has 206 valence electrons. The number of nitro benzene ring substituents is 1. The van der Waals surface area contributed by atoms with Gasteiger partial charge in [-0.15, -0.1) is 0 Å². The zero-order chi connectivity index (χ0) is 28.1. The Balaban J connectivity index is 1.23. The number of ether oxygens (including phenoxy) is 3. The summed E-state index contributed by atoms with van der Waals surface area (Å²) in [7, 11) is 3.16. The SMILES string of the molecule is COc1cccc(Cc2nsc(Oc3cc(C(=O)N4CCN(c5ccc([N+](=O)[O-])cc5)CC4)ccc3OC)n2)c1. The number of aromatic nitrogens is 2. The first-order valence-corrected chi connectivity index (χ1v) is 13.3. The van der Waals surface area contributed by atoms with Gasteiger partial charge in [0.15, 0.2) is 17.3 Å². The van der Waals surface area contributed by atoms with Crippen LogP contribution < -0.4 is 19.1 Å². The van der Waals surface area contributed by atoms with Crippen molar-refractivity contribution >= 4 is 28.8 Å². The lowest BCUT2D eigenvalue weighted by molar-refractivity contribution is -0.384. The normalized spacial score (nSPS) is 13.2. The second kappa shape index (κ2) is 12.0. The third kappa shape index (κ3) is 6.12. The Hall–Kier alpha value is -4.71. The van der Waals surface area contributed by atoms with Crippen LogP contribution in [0.25, 0.3) is 0 Å². The predicted octanol–water partition coefficient (Wildman–Crippen LogP) is 4.81. The maximum absolute atomic E-state index is 13.3. The van der Waals surface area contributed by atoms with Gasteiger partial charge in [0.1, 0.15) is 5.75 Å². The van der Waals surface area contributed by atoms with Crippen LogP contribution in [0.4, 0.5) is 11.4 Å². The molecule has 1 aliphatic heterocycles. The molecule has 0 spiro atoms. The molecule has 0 saturated carbocycles. The van der Waals surface area contributed by atoms with Crippen LogP contribution >= 0.6 is 11.5 Å². The fourth-order valence-electron chi connectivity index (χ4n) is 4.44. The monoisotopic (exact) mass is 561 g/mol. The van der Waals surface area contributed by atoms with E-state index in [2.05, 4.69) is 14.3 Å². The molecule has 0 radical (unpaired) electrons. The number of hydrogen-bond donors (Lipinski definition) is 0. The zero-order valence-electron chi connectivity index (χ0n) is 22.0. The summed E-state index contributed by atoms with van der Waals surface area (Å²) in [6, 6.07) is 19.2. The van der Waals surface area contributed by atoms with Crippen molar-refractivity contribution in [1.82, 2.24) is 14.3 Å². The lowest BCUT2D eigenvalue weighted by Gasteiger charge is -2.36. The Labute approximate surface area is 234 Å². The van der Waals surface area contributed by atoms with Gasteiger partial charge in [0.05, 0.1) is 19.1 Å². The maximum Gasteiger partial charge on any atom is 0.298 e. The fraction of sp³-hybridized carbons (Fsp3) is 0.250. The van der Waals surface area contributed by atoms with Crippen LogP contribution in [0.1, 0.15) is 21.7 Å². The van der Waals surface area contributed by atoms with E-state index < -0.39 is 4.92 Å². The van der Waals surface area contributed by atoms with E-state index in [0.29, 0.717) is 60.7 Å². The highest BCUT2D eigenvalue weighted by Crippen LogP contribution is 2.34. The first-order valence-electron chi connectivity index (χ1n) is 12.5. The minimum absolute atomic E-state index is 0.0525. The Morgan fingerprint density at radius 3 is 2.45 bits per heavy atom. The summed E-state index contributed by atoms with van der Waals surface area (Å²) < 4.78 is 21.2. The van der Waals surface area contributed by atoms with Gasteiger partial charge in [-0.1, -0.05) is 12.1 Å². The van der Waals surface area contributed by atoms with Crippen LogP contribution in [0.2, 0.25) is 0 Å². The number of carbonyl (C=O) groups excluding carboxylic acids is 1. The maximum atomic E-state index is 13.3. The number of non-ortho nitro benzene ring substituents is 1. The molecule has 1 fully saturated rings. The average Bonchev–Trinajstić information content (AvgIpc) is 3.43. The molecule has 0 bridgehead atoms. The summed E-state index contributed by atoms with van der Waals surface area (Å²) in [5.41, 5.74) is 2.43. The van der Waals surface area contributed by atoms with Gasteiger partial charge in [-0.2, -0.15) is 9.36 Å². The van der Waals surface area contributed by atoms with Crippen LogP contribution in [-0.2, 0) is 6.42 Å². The van der Waals surface area contributed by atoms with E-state index in [0.717, 1.165) is 28.5 Å². The van der Waals surface area contributed by atoms with E-state index in [1.54, 1.807) is 42.3 Å². The summed E-state index contributed by atoms with van der Waals surface area (Å²) in [5.74, 6) is 2.12.